The van der Waals surface area contributed by atoms with Gasteiger partial charge >= 0.3 is 0 Å². The van der Waals surface area contributed by atoms with Gasteiger partial charge in [-0.3, -0.25) is 4.99 Å². The number of fused-ring (bicyclic) bond motifs is 1. The average Bonchev–Trinajstić information content (AvgIpc) is 2.65. The maximum atomic E-state index is 5.05. The van der Waals surface area contributed by atoms with Gasteiger partial charge in [-0.1, -0.05) is 63.2 Å². The normalized spacial score (nSPS) is 11.9. The second-order valence-electron chi connectivity index (χ2n) is 5.93. The lowest BCUT2D eigenvalue weighted by Gasteiger charge is -2.11. The first-order chi connectivity index (χ1) is 11.8. The number of nitrogens with zero attached hydrogens (tertiary/aromatic N) is 2. The Balaban J connectivity index is 2.12. The number of para-hydroxylation sites is 2. The molecule has 2 aromatic carbocycles. The molecule has 0 radical (unpaired) electrons. The molecule has 3 rings (SSSR count). The second kappa shape index (κ2) is 7.39. The van der Waals surface area contributed by atoms with E-state index in [0.29, 0.717) is 0 Å². The van der Waals surface area contributed by atoms with Crippen LogP contribution in [-0.4, -0.2) is 10.7 Å². The molecule has 0 spiro atoms. The minimum Gasteiger partial charge on any atom is -0.251 e. The first-order valence-corrected chi connectivity index (χ1v) is 8.81. The van der Waals surface area contributed by atoms with Crippen molar-refractivity contribution in [1.29, 1.82) is 0 Å². The smallest absolute Gasteiger partial charge is 0.0852 e. The highest BCUT2D eigenvalue weighted by Gasteiger charge is 2.09. The van der Waals surface area contributed by atoms with Gasteiger partial charge in [0.1, 0.15) is 0 Å². The van der Waals surface area contributed by atoms with Gasteiger partial charge in [0.25, 0.3) is 0 Å². The van der Waals surface area contributed by atoms with Crippen molar-refractivity contribution in [3.8, 4) is 0 Å². The average molecular weight is 316 g/mol. The Labute approximate surface area is 144 Å². The molecule has 0 amide bonds. The van der Waals surface area contributed by atoms with E-state index < -0.39 is 0 Å². The van der Waals surface area contributed by atoms with E-state index in [2.05, 4.69) is 63.2 Å². The van der Waals surface area contributed by atoms with Crippen molar-refractivity contribution in [3.05, 3.63) is 71.4 Å². The van der Waals surface area contributed by atoms with E-state index in [-0.39, 0.29) is 0 Å². The van der Waals surface area contributed by atoms with Crippen molar-refractivity contribution in [1.82, 2.24) is 4.98 Å². The minimum atomic E-state index is 0.868. The summed E-state index contributed by atoms with van der Waals surface area (Å²) in [5.74, 6) is 0. The Morgan fingerprint density at radius 2 is 1.54 bits per heavy atom. The molecule has 0 N–H and O–H groups in total. The lowest BCUT2D eigenvalue weighted by atomic mass is 10.0. The monoisotopic (exact) mass is 316 g/mol. The SMILES string of the molecule is CCC(=Nc1c(CC)cccc1CC)c1ccc2ccccc2n1. The summed E-state index contributed by atoms with van der Waals surface area (Å²) in [6.45, 7) is 6.53. The standard InChI is InChI=1S/C22H24N2/c1-4-16-11-9-12-17(5-2)22(16)24-19(6-3)21-15-14-18-10-7-8-13-20(18)23-21/h7-15H,4-6H2,1-3H3. The first-order valence-electron chi connectivity index (χ1n) is 8.81. The molecule has 0 aliphatic rings. The Morgan fingerprint density at radius 3 is 2.21 bits per heavy atom. The summed E-state index contributed by atoms with van der Waals surface area (Å²) < 4.78 is 0. The first kappa shape index (κ1) is 16.4. The van der Waals surface area contributed by atoms with Crippen LogP contribution < -0.4 is 0 Å². The molecule has 24 heavy (non-hydrogen) atoms. The van der Waals surface area contributed by atoms with Gasteiger partial charge in [0.15, 0.2) is 0 Å². The number of aromatic nitrogens is 1. The predicted molar refractivity (Wildman–Crippen MR) is 103 cm³/mol. The molecular formula is C22H24N2. The van der Waals surface area contributed by atoms with Crippen LogP contribution in [0.15, 0.2) is 59.6 Å². The van der Waals surface area contributed by atoms with Gasteiger partial charge < -0.3 is 0 Å². The van der Waals surface area contributed by atoms with Crippen molar-refractivity contribution in [2.24, 2.45) is 4.99 Å². The van der Waals surface area contributed by atoms with Gasteiger partial charge in [0.05, 0.1) is 22.6 Å². The van der Waals surface area contributed by atoms with Crippen molar-refractivity contribution in [3.63, 3.8) is 0 Å². The summed E-state index contributed by atoms with van der Waals surface area (Å²) in [7, 11) is 0. The highest BCUT2D eigenvalue weighted by molar-refractivity contribution is 6.02. The third-order valence-corrected chi connectivity index (χ3v) is 4.44. The van der Waals surface area contributed by atoms with Crippen molar-refractivity contribution in [2.75, 3.05) is 0 Å². The Bertz CT molecular complexity index is 856. The van der Waals surface area contributed by atoms with Crippen LogP contribution in [0.3, 0.4) is 0 Å². The lowest BCUT2D eigenvalue weighted by Crippen LogP contribution is -2.03. The molecule has 1 heterocycles. The van der Waals surface area contributed by atoms with E-state index in [1.165, 1.54) is 16.5 Å². The molecule has 0 saturated carbocycles. The molecule has 0 bridgehead atoms. The third kappa shape index (κ3) is 3.23. The maximum Gasteiger partial charge on any atom is 0.0852 e. The number of aryl methyl sites for hydroxylation is 2. The summed E-state index contributed by atoms with van der Waals surface area (Å²) in [4.78, 5) is 9.87. The molecule has 0 saturated heterocycles. The van der Waals surface area contributed by atoms with Crippen molar-refractivity contribution < 1.29 is 0 Å². The van der Waals surface area contributed by atoms with Crippen LogP contribution in [0, 0.1) is 0 Å². The highest BCUT2D eigenvalue weighted by atomic mass is 14.8. The molecule has 3 aromatic rings. The molecular weight excluding hydrogens is 292 g/mol. The van der Waals surface area contributed by atoms with Gasteiger partial charge in [-0.2, -0.15) is 0 Å². The van der Waals surface area contributed by atoms with Crippen LogP contribution in [0.25, 0.3) is 10.9 Å². The van der Waals surface area contributed by atoms with Crippen LogP contribution in [0.2, 0.25) is 0 Å². The Hall–Kier alpha value is -2.48. The predicted octanol–water partition coefficient (Wildman–Crippen LogP) is 5.89. The number of benzene rings is 2. The van der Waals surface area contributed by atoms with E-state index in [1.54, 1.807) is 0 Å². The molecule has 2 nitrogen and oxygen atoms in total. The number of pyridine rings is 1. The number of hydrogen-bond acceptors (Lipinski definition) is 2. The zero-order chi connectivity index (χ0) is 16.9. The Morgan fingerprint density at radius 1 is 0.833 bits per heavy atom. The van der Waals surface area contributed by atoms with Crippen LogP contribution in [0.1, 0.15) is 44.0 Å². The van der Waals surface area contributed by atoms with Gasteiger partial charge in [0.2, 0.25) is 0 Å². The molecule has 0 aliphatic carbocycles. The van der Waals surface area contributed by atoms with Crippen molar-refractivity contribution in [2.45, 2.75) is 40.0 Å². The third-order valence-electron chi connectivity index (χ3n) is 4.44. The fraction of sp³-hybridized carbons (Fsp3) is 0.273. The van der Waals surface area contributed by atoms with E-state index in [1.807, 2.05) is 12.1 Å². The molecule has 2 heteroatoms. The molecule has 0 aliphatic heterocycles. The second-order valence-corrected chi connectivity index (χ2v) is 5.93. The van der Waals surface area contributed by atoms with Gasteiger partial charge in [-0.15, -0.1) is 0 Å². The largest absolute Gasteiger partial charge is 0.251 e. The van der Waals surface area contributed by atoms with Crippen LogP contribution in [0.5, 0.6) is 0 Å². The highest BCUT2D eigenvalue weighted by Crippen LogP contribution is 2.27. The summed E-state index contributed by atoms with van der Waals surface area (Å²) in [6, 6.07) is 18.9. The van der Waals surface area contributed by atoms with Gasteiger partial charge in [-0.05, 0) is 42.5 Å². The molecule has 0 fully saturated rings. The molecule has 0 unspecified atom stereocenters. The van der Waals surface area contributed by atoms with Crippen molar-refractivity contribution >= 4 is 22.3 Å². The van der Waals surface area contributed by atoms with Gasteiger partial charge in [-0.25, -0.2) is 4.98 Å². The fourth-order valence-corrected chi connectivity index (χ4v) is 3.04. The molecule has 1 aromatic heterocycles. The minimum absolute atomic E-state index is 0.868. The summed E-state index contributed by atoms with van der Waals surface area (Å²) in [5.41, 5.74) is 6.80. The van der Waals surface area contributed by atoms with E-state index in [4.69, 9.17) is 9.98 Å². The molecule has 122 valence electrons. The van der Waals surface area contributed by atoms with E-state index in [0.717, 1.165) is 41.9 Å². The van der Waals surface area contributed by atoms with Gasteiger partial charge in [0, 0.05) is 5.39 Å². The van der Waals surface area contributed by atoms with E-state index in [9.17, 15) is 0 Å². The van der Waals surface area contributed by atoms with Crippen LogP contribution in [0.4, 0.5) is 5.69 Å². The summed E-state index contributed by atoms with van der Waals surface area (Å²) >= 11 is 0. The van der Waals surface area contributed by atoms with E-state index >= 15 is 0 Å². The number of rotatable bonds is 5. The Kier molecular flexibility index (Phi) is 5.05. The zero-order valence-corrected chi connectivity index (χ0v) is 14.7. The maximum absolute atomic E-state index is 5.05. The summed E-state index contributed by atoms with van der Waals surface area (Å²) in [5, 5.41) is 1.17. The lowest BCUT2D eigenvalue weighted by molar-refractivity contribution is 1.07. The molecule has 0 atom stereocenters. The van der Waals surface area contributed by atoms with Crippen LogP contribution >= 0.6 is 0 Å². The number of aliphatic imine (C=N–C) groups is 1. The quantitative estimate of drug-likeness (QED) is 0.539. The number of hydrogen-bond donors (Lipinski definition) is 0. The topological polar surface area (TPSA) is 25.2 Å². The van der Waals surface area contributed by atoms with Crippen LogP contribution in [-0.2, 0) is 12.8 Å². The fourth-order valence-electron chi connectivity index (χ4n) is 3.04. The summed E-state index contributed by atoms with van der Waals surface area (Å²) in [6.07, 6.45) is 2.86. The zero-order valence-electron chi connectivity index (χ0n) is 14.7.